The van der Waals surface area contributed by atoms with Gasteiger partial charge in [0.1, 0.15) is 8.07 Å². The van der Waals surface area contributed by atoms with Gasteiger partial charge in [-0.15, -0.1) is 5.73 Å². The van der Waals surface area contributed by atoms with E-state index in [9.17, 15) is 0 Å². The lowest BCUT2D eigenvalue weighted by Crippen LogP contribution is -2.42. The Morgan fingerprint density at radius 2 is 1.75 bits per heavy atom. The molecule has 0 atom stereocenters. The molecule has 0 saturated heterocycles. The van der Waals surface area contributed by atoms with Crippen molar-refractivity contribution in [3.05, 3.63) is 77.0 Å². The van der Waals surface area contributed by atoms with Gasteiger partial charge in [-0.3, -0.25) is 0 Å². The molecule has 0 heterocycles. The first-order chi connectivity index (χ1) is 9.55. The zero-order chi connectivity index (χ0) is 14.6. The Hall–Kier alpha value is -1.53. The lowest BCUT2D eigenvalue weighted by atomic mass is 10.1. The van der Waals surface area contributed by atoms with Crippen molar-refractivity contribution in [3.8, 4) is 0 Å². The molecule has 0 nitrogen and oxygen atoms in total. The molecular weight excluding hydrogens is 280 g/mol. The van der Waals surface area contributed by atoms with Crippen LogP contribution in [0.15, 0.2) is 65.9 Å². The van der Waals surface area contributed by atoms with Crippen LogP contribution in [0.3, 0.4) is 0 Å². The number of benzene rings is 2. The normalized spacial score (nSPS) is 10.8. The third-order valence-corrected chi connectivity index (χ3v) is 7.19. The lowest BCUT2D eigenvalue weighted by molar-refractivity contribution is 1.45. The molecule has 0 aliphatic carbocycles. The Morgan fingerprint density at radius 3 is 2.35 bits per heavy atom. The van der Waals surface area contributed by atoms with E-state index in [-0.39, 0.29) is 0 Å². The number of rotatable bonds is 3. The summed E-state index contributed by atoms with van der Waals surface area (Å²) >= 11 is 5.84. The van der Waals surface area contributed by atoms with Crippen LogP contribution in [0.2, 0.25) is 13.1 Å². The van der Waals surface area contributed by atoms with E-state index in [4.69, 9.17) is 11.6 Å². The Balaban J connectivity index is 2.58. The average molecular weight is 299 g/mol. The van der Waals surface area contributed by atoms with Gasteiger partial charge in [-0.25, -0.2) is 0 Å². The molecule has 0 unspecified atom stereocenters. The fraction of sp³-hybridized carbons (Fsp3) is 0.167. The summed E-state index contributed by atoms with van der Waals surface area (Å²) in [5, 5.41) is 2.63. The molecule has 2 heteroatoms. The topological polar surface area (TPSA) is 0 Å². The summed E-state index contributed by atoms with van der Waals surface area (Å²) in [5.74, 6) is 0. The molecular formula is C18H19ClSi. The highest BCUT2D eigenvalue weighted by molar-refractivity contribution is 7.04. The highest BCUT2D eigenvalue weighted by atomic mass is 35.5. The first-order valence-electron chi connectivity index (χ1n) is 6.74. The van der Waals surface area contributed by atoms with E-state index in [1.54, 1.807) is 0 Å². The molecule has 102 valence electrons. The van der Waals surface area contributed by atoms with Crippen LogP contribution in [0.4, 0.5) is 0 Å². The molecule has 0 aromatic heterocycles. The van der Waals surface area contributed by atoms with Crippen LogP contribution in [-0.4, -0.2) is 8.07 Å². The number of halogens is 1. The minimum atomic E-state index is -1.80. The fourth-order valence-electron chi connectivity index (χ4n) is 2.48. The second-order valence-corrected chi connectivity index (χ2v) is 10.0. The molecule has 0 N–H and O–H groups in total. The van der Waals surface area contributed by atoms with Gasteiger partial charge in [0, 0.05) is 5.54 Å². The number of hydrogen-bond donors (Lipinski definition) is 0. The van der Waals surface area contributed by atoms with Crippen LogP contribution in [0, 0.1) is 6.92 Å². The Morgan fingerprint density at radius 1 is 1.05 bits per heavy atom. The summed E-state index contributed by atoms with van der Waals surface area (Å²) < 4.78 is 0. The maximum atomic E-state index is 5.84. The van der Waals surface area contributed by atoms with Gasteiger partial charge in [0.05, 0.1) is 0 Å². The molecule has 0 spiro atoms. The minimum Gasteiger partial charge on any atom is -0.109 e. The van der Waals surface area contributed by atoms with Crippen LogP contribution in [0.1, 0.15) is 11.1 Å². The van der Waals surface area contributed by atoms with Crippen molar-refractivity contribution in [3.63, 3.8) is 0 Å². The van der Waals surface area contributed by atoms with Gasteiger partial charge in [0.25, 0.3) is 0 Å². The molecule has 2 aromatic rings. The molecule has 0 radical (unpaired) electrons. The van der Waals surface area contributed by atoms with Crippen molar-refractivity contribution < 1.29 is 0 Å². The van der Waals surface area contributed by atoms with E-state index in [1.807, 2.05) is 0 Å². The lowest BCUT2D eigenvalue weighted by Gasteiger charge is -2.25. The van der Waals surface area contributed by atoms with Gasteiger partial charge in [-0.2, -0.15) is 0 Å². The SMILES string of the molecule is Cc1cccc(C(=C=CCl)[Si](C)(C)c2ccccc2)c1. The maximum absolute atomic E-state index is 5.84. The molecule has 0 fully saturated rings. The molecule has 0 aliphatic heterocycles. The molecule has 0 aliphatic rings. The minimum absolute atomic E-state index is 1.22. The van der Waals surface area contributed by atoms with Gasteiger partial charge in [-0.1, -0.05) is 90.0 Å². The standard InChI is InChI=1S/C18H19ClSi/c1-15-8-7-9-16(14-15)18(12-13-19)20(2,3)17-10-5-4-6-11-17/h4-11,13-14H,1-3H3. The van der Waals surface area contributed by atoms with Gasteiger partial charge in [-0.05, 0) is 17.7 Å². The van der Waals surface area contributed by atoms with Crippen molar-refractivity contribution in [2.24, 2.45) is 0 Å². The van der Waals surface area contributed by atoms with Crippen LogP contribution in [0.25, 0.3) is 5.20 Å². The van der Waals surface area contributed by atoms with E-state index in [2.05, 4.69) is 80.3 Å². The monoisotopic (exact) mass is 298 g/mol. The molecule has 0 bridgehead atoms. The quantitative estimate of drug-likeness (QED) is 0.559. The first kappa shape index (κ1) is 14.9. The summed E-state index contributed by atoms with van der Waals surface area (Å²) in [6, 6.07) is 19.2. The first-order valence-corrected chi connectivity index (χ1v) is 10.2. The Kier molecular flexibility index (Phi) is 4.67. The third kappa shape index (κ3) is 3.13. The van der Waals surface area contributed by atoms with Gasteiger partial charge in [0.15, 0.2) is 0 Å². The Labute approximate surface area is 127 Å². The van der Waals surface area contributed by atoms with Crippen molar-refractivity contribution in [2.75, 3.05) is 0 Å². The Bertz CT molecular complexity index is 650. The highest BCUT2D eigenvalue weighted by Gasteiger charge is 2.29. The molecule has 2 aromatic carbocycles. The van der Waals surface area contributed by atoms with Crippen molar-refractivity contribution >= 4 is 30.1 Å². The van der Waals surface area contributed by atoms with Crippen molar-refractivity contribution in [1.82, 2.24) is 0 Å². The van der Waals surface area contributed by atoms with E-state index in [1.165, 1.54) is 27.0 Å². The summed E-state index contributed by atoms with van der Waals surface area (Å²) in [6.07, 6.45) is 0. The van der Waals surface area contributed by atoms with E-state index in [0.29, 0.717) is 0 Å². The predicted molar refractivity (Wildman–Crippen MR) is 92.1 cm³/mol. The zero-order valence-electron chi connectivity index (χ0n) is 12.2. The van der Waals surface area contributed by atoms with Crippen LogP contribution in [-0.2, 0) is 0 Å². The largest absolute Gasteiger partial charge is 0.122 e. The van der Waals surface area contributed by atoms with Gasteiger partial charge >= 0.3 is 0 Å². The van der Waals surface area contributed by atoms with Crippen molar-refractivity contribution in [2.45, 2.75) is 20.0 Å². The predicted octanol–water partition coefficient (Wildman–Crippen LogP) is 4.88. The smallest absolute Gasteiger partial charge is 0.109 e. The van der Waals surface area contributed by atoms with Crippen molar-refractivity contribution in [1.29, 1.82) is 0 Å². The van der Waals surface area contributed by atoms with Gasteiger partial charge < -0.3 is 0 Å². The number of aryl methyl sites for hydroxylation is 1. The molecule has 20 heavy (non-hydrogen) atoms. The van der Waals surface area contributed by atoms with Crippen LogP contribution >= 0.6 is 11.6 Å². The second-order valence-electron chi connectivity index (χ2n) is 5.49. The summed E-state index contributed by atoms with van der Waals surface area (Å²) in [6.45, 7) is 6.80. The van der Waals surface area contributed by atoms with Crippen LogP contribution < -0.4 is 5.19 Å². The summed E-state index contributed by atoms with van der Waals surface area (Å²) in [4.78, 5) is 0. The second kappa shape index (κ2) is 6.28. The summed E-state index contributed by atoms with van der Waals surface area (Å²) in [5.41, 5.74) is 7.28. The van der Waals surface area contributed by atoms with E-state index < -0.39 is 8.07 Å². The van der Waals surface area contributed by atoms with Gasteiger partial charge in [0.2, 0.25) is 0 Å². The molecule has 0 saturated carbocycles. The third-order valence-electron chi connectivity index (χ3n) is 3.63. The van der Waals surface area contributed by atoms with E-state index in [0.717, 1.165) is 0 Å². The zero-order valence-corrected chi connectivity index (χ0v) is 13.9. The number of hydrogen-bond acceptors (Lipinski definition) is 0. The van der Waals surface area contributed by atoms with E-state index >= 15 is 0 Å². The summed E-state index contributed by atoms with van der Waals surface area (Å²) in [7, 11) is -1.80. The fourth-order valence-corrected chi connectivity index (χ4v) is 5.30. The molecule has 2 rings (SSSR count). The average Bonchev–Trinajstić information content (AvgIpc) is 2.45. The maximum Gasteiger partial charge on any atom is 0.122 e. The molecule has 0 amide bonds. The highest BCUT2D eigenvalue weighted by Crippen LogP contribution is 2.25. The van der Waals surface area contributed by atoms with Crippen LogP contribution in [0.5, 0.6) is 0 Å².